The lowest BCUT2D eigenvalue weighted by atomic mass is 10.2. The molecule has 1 saturated heterocycles. The van der Waals surface area contributed by atoms with Crippen molar-refractivity contribution in [1.29, 1.82) is 0 Å². The predicted octanol–water partition coefficient (Wildman–Crippen LogP) is 1.19. The minimum atomic E-state index is -0.544. The van der Waals surface area contributed by atoms with Crippen molar-refractivity contribution in [2.45, 2.75) is 6.54 Å². The van der Waals surface area contributed by atoms with Gasteiger partial charge in [-0.15, -0.1) is 0 Å². The minimum Gasteiger partial charge on any atom is -0.492 e. The molecule has 3 N–H and O–H groups in total. The van der Waals surface area contributed by atoms with Crippen LogP contribution in [0.1, 0.15) is 15.9 Å². The van der Waals surface area contributed by atoms with Crippen LogP contribution in [0.5, 0.6) is 11.5 Å². The highest BCUT2D eigenvalue weighted by Crippen LogP contribution is 2.14. The van der Waals surface area contributed by atoms with Gasteiger partial charge in [-0.25, -0.2) is 0 Å². The molecular weight excluding hydrogens is 386 g/mol. The molecule has 2 aromatic rings. The van der Waals surface area contributed by atoms with E-state index in [0.29, 0.717) is 24.5 Å². The Kier molecular flexibility index (Phi) is 8.05. The van der Waals surface area contributed by atoms with Crippen molar-refractivity contribution in [2.75, 3.05) is 46.1 Å². The third-order valence-electron chi connectivity index (χ3n) is 4.66. The highest BCUT2D eigenvalue weighted by molar-refractivity contribution is 5.93. The zero-order valence-electron chi connectivity index (χ0n) is 16.8. The van der Waals surface area contributed by atoms with Crippen LogP contribution in [0.3, 0.4) is 0 Å². The van der Waals surface area contributed by atoms with Crippen LogP contribution < -0.4 is 20.5 Å². The Morgan fingerprint density at radius 1 is 1.03 bits per heavy atom. The van der Waals surface area contributed by atoms with Gasteiger partial charge in [-0.3, -0.25) is 14.5 Å². The van der Waals surface area contributed by atoms with Crippen molar-refractivity contribution in [3.05, 3.63) is 59.7 Å². The first-order chi connectivity index (χ1) is 14.6. The highest BCUT2D eigenvalue weighted by atomic mass is 16.5. The molecule has 0 spiro atoms. The summed E-state index contributed by atoms with van der Waals surface area (Å²) in [6.45, 7) is 5.09. The van der Waals surface area contributed by atoms with Crippen LogP contribution in [0.15, 0.2) is 48.5 Å². The summed E-state index contributed by atoms with van der Waals surface area (Å²) in [6, 6.07) is 14.0. The molecule has 160 valence electrons. The van der Waals surface area contributed by atoms with Gasteiger partial charge in [0, 0.05) is 31.7 Å². The van der Waals surface area contributed by atoms with Crippen molar-refractivity contribution in [1.82, 2.24) is 10.2 Å². The molecule has 1 aliphatic heterocycles. The molecule has 30 heavy (non-hydrogen) atoms. The van der Waals surface area contributed by atoms with E-state index in [4.69, 9.17) is 19.9 Å². The summed E-state index contributed by atoms with van der Waals surface area (Å²) in [5, 5.41) is 2.81. The molecule has 3 rings (SSSR count). The third kappa shape index (κ3) is 7.06. The number of hydrogen-bond donors (Lipinski definition) is 2. The summed E-state index contributed by atoms with van der Waals surface area (Å²) in [5.74, 6) is 0.377. The number of carbonyl (C=O) groups is 2. The second kappa shape index (κ2) is 11.2. The topological polar surface area (TPSA) is 103 Å². The maximum Gasteiger partial charge on any atom is 0.258 e. The average molecular weight is 413 g/mol. The van der Waals surface area contributed by atoms with Crippen LogP contribution in [-0.4, -0.2) is 62.8 Å². The van der Waals surface area contributed by atoms with Crippen LogP contribution >= 0.6 is 0 Å². The molecule has 8 heteroatoms. The van der Waals surface area contributed by atoms with Crippen molar-refractivity contribution in [2.24, 2.45) is 5.73 Å². The normalized spacial score (nSPS) is 14.1. The second-order valence-corrected chi connectivity index (χ2v) is 6.91. The van der Waals surface area contributed by atoms with Crippen LogP contribution in [0.2, 0.25) is 0 Å². The van der Waals surface area contributed by atoms with Gasteiger partial charge < -0.3 is 25.3 Å². The molecule has 0 aromatic heterocycles. The lowest BCUT2D eigenvalue weighted by Crippen LogP contribution is -2.38. The van der Waals surface area contributed by atoms with Gasteiger partial charge in [0.1, 0.15) is 18.1 Å². The molecule has 1 fully saturated rings. The molecule has 1 heterocycles. The second-order valence-electron chi connectivity index (χ2n) is 6.91. The molecule has 0 aliphatic carbocycles. The number of benzene rings is 2. The van der Waals surface area contributed by atoms with E-state index in [2.05, 4.69) is 10.2 Å². The van der Waals surface area contributed by atoms with Gasteiger partial charge in [-0.1, -0.05) is 18.2 Å². The van der Waals surface area contributed by atoms with E-state index < -0.39 is 5.91 Å². The first-order valence-corrected chi connectivity index (χ1v) is 9.91. The van der Waals surface area contributed by atoms with Crippen LogP contribution in [0.25, 0.3) is 0 Å². The van der Waals surface area contributed by atoms with Gasteiger partial charge in [0.05, 0.1) is 13.2 Å². The fourth-order valence-electron chi connectivity index (χ4n) is 3.00. The molecule has 0 unspecified atom stereocenters. The smallest absolute Gasteiger partial charge is 0.258 e. The van der Waals surface area contributed by atoms with E-state index in [1.165, 1.54) is 6.07 Å². The number of hydrogen-bond acceptors (Lipinski definition) is 6. The van der Waals surface area contributed by atoms with Crippen molar-refractivity contribution in [3.63, 3.8) is 0 Å². The summed E-state index contributed by atoms with van der Waals surface area (Å²) < 4.78 is 16.6. The molecule has 2 amide bonds. The quantitative estimate of drug-likeness (QED) is 0.607. The molecule has 8 nitrogen and oxygen atoms in total. The van der Waals surface area contributed by atoms with Gasteiger partial charge in [0.15, 0.2) is 6.61 Å². The van der Waals surface area contributed by atoms with Crippen molar-refractivity contribution < 1.29 is 23.8 Å². The van der Waals surface area contributed by atoms with Crippen molar-refractivity contribution in [3.8, 4) is 11.5 Å². The van der Waals surface area contributed by atoms with Crippen LogP contribution in [0, 0.1) is 0 Å². The lowest BCUT2D eigenvalue weighted by molar-refractivity contribution is -0.123. The van der Waals surface area contributed by atoms with Crippen LogP contribution in [0.4, 0.5) is 0 Å². The van der Waals surface area contributed by atoms with E-state index >= 15 is 0 Å². The standard InChI is InChI=1S/C22H27N3O5/c23-22(27)18-4-2-6-20(14-18)30-16-21(26)24-15-17-3-1-5-19(13-17)29-12-9-25-7-10-28-11-8-25/h1-6,13-14H,7-12,15-16H2,(H2,23,27)(H,24,26). The van der Waals surface area contributed by atoms with Gasteiger partial charge in [-0.2, -0.15) is 0 Å². The fraction of sp³-hybridized carbons (Fsp3) is 0.364. The molecule has 2 aromatic carbocycles. The Balaban J connectivity index is 1.39. The summed E-state index contributed by atoms with van der Waals surface area (Å²) in [7, 11) is 0. The van der Waals surface area contributed by atoms with Crippen molar-refractivity contribution >= 4 is 11.8 Å². The van der Waals surface area contributed by atoms with Gasteiger partial charge in [0.25, 0.3) is 5.91 Å². The lowest BCUT2D eigenvalue weighted by Gasteiger charge is -2.26. The number of nitrogens with one attached hydrogen (secondary N) is 1. The van der Waals surface area contributed by atoms with E-state index in [-0.39, 0.29) is 12.5 Å². The van der Waals surface area contributed by atoms with E-state index in [0.717, 1.165) is 44.2 Å². The van der Waals surface area contributed by atoms with Crippen LogP contribution in [-0.2, 0) is 16.1 Å². The number of rotatable bonds is 10. The maximum atomic E-state index is 12.1. The Morgan fingerprint density at radius 3 is 2.53 bits per heavy atom. The number of morpholine rings is 1. The molecule has 0 radical (unpaired) electrons. The predicted molar refractivity (Wildman–Crippen MR) is 111 cm³/mol. The summed E-state index contributed by atoms with van der Waals surface area (Å²) in [6.07, 6.45) is 0. The Labute approximate surface area is 175 Å². The molecule has 0 atom stereocenters. The first-order valence-electron chi connectivity index (χ1n) is 9.91. The fourth-order valence-corrected chi connectivity index (χ4v) is 3.00. The first kappa shape index (κ1) is 21.6. The SMILES string of the molecule is NC(=O)c1cccc(OCC(=O)NCc2cccc(OCCN3CCOCC3)c2)c1. The van der Waals surface area contributed by atoms with Gasteiger partial charge >= 0.3 is 0 Å². The number of nitrogens with two attached hydrogens (primary N) is 1. The molecule has 0 saturated carbocycles. The molecule has 1 aliphatic rings. The minimum absolute atomic E-state index is 0.155. The Morgan fingerprint density at radius 2 is 1.77 bits per heavy atom. The zero-order valence-corrected chi connectivity index (χ0v) is 16.8. The van der Waals surface area contributed by atoms with E-state index in [1.807, 2.05) is 24.3 Å². The van der Waals surface area contributed by atoms with E-state index in [9.17, 15) is 9.59 Å². The number of carbonyl (C=O) groups excluding carboxylic acids is 2. The monoisotopic (exact) mass is 413 g/mol. The highest BCUT2D eigenvalue weighted by Gasteiger charge is 2.10. The third-order valence-corrected chi connectivity index (χ3v) is 4.66. The molecular formula is C22H27N3O5. The number of nitrogens with zero attached hydrogens (tertiary/aromatic N) is 1. The number of amides is 2. The Bertz CT molecular complexity index is 852. The average Bonchev–Trinajstić information content (AvgIpc) is 2.77. The number of primary amides is 1. The van der Waals surface area contributed by atoms with Gasteiger partial charge in [-0.05, 0) is 35.9 Å². The largest absolute Gasteiger partial charge is 0.492 e. The summed E-state index contributed by atoms with van der Waals surface area (Å²) in [4.78, 5) is 25.6. The molecule has 0 bridgehead atoms. The maximum absolute atomic E-state index is 12.1. The number of ether oxygens (including phenoxy) is 3. The zero-order chi connectivity index (χ0) is 21.2. The van der Waals surface area contributed by atoms with Gasteiger partial charge in [0.2, 0.25) is 5.91 Å². The summed E-state index contributed by atoms with van der Waals surface area (Å²) in [5.41, 5.74) is 6.50. The van der Waals surface area contributed by atoms with E-state index in [1.54, 1.807) is 18.2 Å². The summed E-state index contributed by atoms with van der Waals surface area (Å²) >= 11 is 0. The Hall–Kier alpha value is -3.10.